The number of methoxy groups -OCH3 is 1. The van der Waals surface area contributed by atoms with Gasteiger partial charge in [0.15, 0.2) is 0 Å². The Labute approximate surface area is 159 Å². The minimum atomic E-state index is -0.291. The SMILES string of the molecule is COCC(=O)N1CCCCC1c1nc(N(C)C)ncc1-c1ccc(F)cc1. The first kappa shape index (κ1) is 19.2. The lowest BCUT2D eigenvalue weighted by molar-refractivity contribution is -0.139. The third-order valence-corrected chi connectivity index (χ3v) is 4.77. The zero-order valence-electron chi connectivity index (χ0n) is 16.0. The summed E-state index contributed by atoms with van der Waals surface area (Å²) in [6.07, 6.45) is 4.57. The molecule has 0 saturated carbocycles. The van der Waals surface area contributed by atoms with Crippen molar-refractivity contribution in [2.24, 2.45) is 0 Å². The molecule has 0 bridgehead atoms. The number of carbonyl (C=O) groups excluding carboxylic acids is 1. The highest BCUT2D eigenvalue weighted by Gasteiger charge is 2.31. The first-order chi connectivity index (χ1) is 13.0. The second kappa shape index (κ2) is 8.43. The number of benzene rings is 1. The molecule has 144 valence electrons. The summed E-state index contributed by atoms with van der Waals surface area (Å²) in [6.45, 7) is 0.727. The highest BCUT2D eigenvalue weighted by molar-refractivity contribution is 5.78. The van der Waals surface area contributed by atoms with Crippen molar-refractivity contribution < 1.29 is 13.9 Å². The van der Waals surface area contributed by atoms with Gasteiger partial charge in [0, 0.05) is 39.5 Å². The van der Waals surface area contributed by atoms with E-state index in [1.54, 1.807) is 18.3 Å². The minimum absolute atomic E-state index is 0.0442. The zero-order valence-corrected chi connectivity index (χ0v) is 16.0. The molecule has 6 nitrogen and oxygen atoms in total. The molecule has 1 saturated heterocycles. The molecule has 2 aromatic rings. The first-order valence-corrected chi connectivity index (χ1v) is 9.10. The summed E-state index contributed by atoms with van der Waals surface area (Å²) >= 11 is 0. The molecule has 3 rings (SSSR count). The number of nitrogens with zero attached hydrogens (tertiary/aromatic N) is 4. The van der Waals surface area contributed by atoms with Gasteiger partial charge in [-0.05, 0) is 37.0 Å². The zero-order chi connectivity index (χ0) is 19.4. The number of halogens is 1. The van der Waals surface area contributed by atoms with Gasteiger partial charge in [0.25, 0.3) is 0 Å². The van der Waals surface area contributed by atoms with Gasteiger partial charge in [-0.2, -0.15) is 0 Å². The lowest BCUT2D eigenvalue weighted by Crippen LogP contribution is -2.41. The number of amides is 1. The Morgan fingerprint density at radius 3 is 2.70 bits per heavy atom. The van der Waals surface area contributed by atoms with Gasteiger partial charge >= 0.3 is 0 Å². The van der Waals surface area contributed by atoms with Crippen LogP contribution in [0.5, 0.6) is 0 Å². The van der Waals surface area contributed by atoms with Crippen molar-refractivity contribution >= 4 is 11.9 Å². The second-order valence-corrected chi connectivity index (χ2v) is 6.90. The van der Waals surface area contributed by atoms with Crippen molar-refractivity contribution in [3.63, 3.8) is 0 Å². The van der Waals surface area contributed by atoms with E-state index < -0.39 is 0 Å². The van der Waals surface area contributed by atoms with E-state index >= 15 is 0 Å². The Balaban J connectivity index is 2.08. The predicted octanol–water partition coefficient (Wildman–Crippen LogP) is 3.05. The van der Waals surface area contributed by atoms with Crippen LogP contribution in [-0.4, -0.2) is 55.1 Å². The van der Waals surface area contributed by atoms with E-state index in [0.717, 1.165) is 36.1 Å². The maximum Gasteiger partial charge on any atom is 0.249 e. The van der Waals surface area contributed by atoms with E-state index in [-0.39, 0.29) is 24.4 Å². The predicted molar refractivity (Wildman–Crippen MR) is 102 cm³/mol. The van der Waals surface area contributed by atoms with Crippen LogP contribution in [0, 0.1) is 5.82 Å². The molecule has 0 aliphatic carbocycles. The average Bonchev–Trinajstić information content (AvgIpc) is 2.68. The van der Waals surface area contributed by atoms with Crippen molar-refractivity contribution in [1.82, 2.24) is 14.9 Å². The molecule has 2 heterocycles. The fourth-order valence-electron chi connectivity index (χ4n) is 3.43. The lowest BCUT2D eigenvalue weighted by Gasteiger charge is -2.36. The maximum atomic E-state index is 13.4. The monoisotopic (exact) mass is 372 g/mol. The van der Waals surface area contributed by atoms with Crippen LogP contribution in [0.15, 0.2) is 30.5 Å². The standard InChI is InChI=1S/C20H25FN4O2/c1-24(2)20-22-12-16(14-7-9-15(21)10-8-14)19(23-20)17-6-4-5-11-25(17)18(26)13-27-3/h7-10,12,17H,4-6,11,13H2,1-3H3. The van der Waals surface area contributed by atoms with E-state index in [4.69, 9.17) is 9.72 Å². The molecule has 1 fully saturated rings. The smallest absolute Gasteiger partial charge is 0.249 e. The van der Waals surface area contributed by atoms with Gasteiger partial charge in [0.1, 0.15) is 12.4 Å². The Morgan fingerprint density at radius 2 is 2.04 bits per heavy atom. The fourth-order valence-corrected chi connectivity index (χ4v) is 3.43. The van der Waals surface area contributed by atoms with E-state index in [1.807, 2.05) is 23.9 Å². The van der Waals surface area contributed by atoms with Gasteiger partial charge in [0.2, 0.25) is 11.9 Å². The highest BCUT2D eigenvalue weighted by Crippen LogP contribution is 2.36. The summed E-state index contributed by atoms with van der Waals surface area (Å²) in [4.78, 5) is 25.5. The van der Waals surface area contributed by atoms with Crippen molar-refractivity contribution in [3.8, 4) is 11.1 Å². The molecule has 27 heavy (non-hydrogen) atoms. The molecule has 1 amide bonds. The lowest BCUT2D eigenvalue weighted by atomic mass is 9.93. The summed E-state index contributed by atoms with van der Waals surface area (Å²) in [7, 11) is 5.28. The largest absolute Gasteiger partial charge is 0.375 e. The second-order valence-electron chi connectivity index (χ2n) is 6.90. The van der Waals surface area contributed by atoms with Crippen LogP contribution in [0.25, 0.3) is 11.1 Å². The summed E-state index contributed by atoms with van der Waals surface area (Å²) in [5.41, 5.74) is 2.45. The molecule has 1 aliphatic rings. The molecule has 7 heteroatoms. The van der Waals surface area contributed by atoms with Crippen LogP contribution in [0.3, 0.4) is 0 Å². The van der Waals surface area contributed by atoms with Crippen molar-refractivity contribution in [1.29, 1.82) is 0 Å². The third kappa shape index (κ3) is 4.24. The minimum Gasteiger partial charge on any atom is -0.375 e. The molecule has 0 radical (unpaired) electrons. The van der Waals surface area contributed by atoms with Gasteiger partial charge in [-0.3, -0.25) is 4.79 Å². The van der Waals surface area contributed by atoms with Crippen LogP contribution in [0.4, 0.5) is 10.3 Å². The average molecular weight is 372 g/mol. The Morgan fingerprint density at radius 1 is 1.30 bits per heavy atom. The number of ether oxygens (including phenoxy) is 1. The topological polar surface area (TPSA) is 58.6 Å². The van der Waals surface area contributed by atoms with Crippen molar-refractivity contribution in [3.05, 3.63) is 42.0 Å². The van der Waals surface area contributed by atoms with Gasteiger partial charge in [-0.25, -0.2) is 14.4 Å². The molecule has 0 N–H and O–H groups in total. The quantitative estimate of drug-likeness (QED) is 0.807. The number of piperidine rings is 1. The first-order valence-electron chi connectivity index (χ1n) is 9.10. The number of hydrogen-bond acceptors (Lipinski definition) is 5. The molecular weight excluding hydrogens is 347 g/mol. The van der Waals surface area contributed by atoms with Gasteiger partial charge in [0.05, 0.1) is 11.7 Å². The number of rotatable bonds is 5. The van der Waals surface area contributed by atoms with E-state index in [2.05, 4.69) is 4.98 Å². The van der Waals surface area contributed by atoms with Crippen LogP contribution in [0.1, 0.15) is 31.0 Å². The number of likely N-dealkylation sites (tertiary alicyclic amines) is 1. The van der Waals surface area contributed by atoms with Crippen LogP contribution >= 0.6 is 0 Å². The molecule has 1 atom stereocenters. The fraction of sp³-hybridized carbons (Fsp3) is 0.450. The number of carbonyl (C=O) groups is 1. The normalized spacial score (nSPS) is 17.0. The summed E-state index contributed by atoms with van der Waals surface area (Å²) < 4.78 is 18.4. The van der Waals surface area contributed by atoms with Crippen LogP contribution in [-0.2, 0) is 9.53 Å². The van der Waals surface area contributed by atoms with Crippen molar-refractivity contribution in [2.75, 3.05) is 39.3 Å². The molecule has 1 aliphatic heterocycles. The number of anilines is 1. The van der Waals surface area contributed by atoms with E-state index in [0.29, 0.717) is 12.5 Å². The molecule has 0 spiro atoms. The Kier molecular flexibility index (Phi) is 6.01. The molecule has 1 unspecified atom stereocenters. The van der Waals surface area contributed by atoms with E-state index in [1.165, 1.54) is 19.2 Å². The summed E-state index contributed by atoms with van der Waals surface area (Å²) in [5.74, 6) is 0.249. The van der Waals surface area contributed by atoms with Gasteiger partial charge < -0.3 is 14.5 Å². The Hall–Kier alpha value is -2.54. The van der Waals surface area contributed by atoms with E-state index in [9.17, 15) is 9.18 Å². The van der Waals surface area contributed by atoms with Gasteiger partial charge in [-0.1, -0.05) is 12.1 Å². The highest BCUT2D eigenvalue weighted by atomic mass is 19.1. The summed E-state index contributed by atoms with van der Waals surface area (Å²) in [5, 5.41) is 0. The van der Waals surface area contributed by atoms with Crippen molar-refractivity contribution in [2.45, 2.75) is 25.3 Å². The molecule has 1 aromatic heterocycles. The molecule has 1 aromatic carbocycles. The molecular formula is C20H25FN4O2. The summed E-state index contributed by atoms with van der Waals surface area (Å²) in [6, 6.07) is 6.14. The Bertz CT molecular complexity index is 795. The van der Waals surface area contributed by atoms with Crippen LogP contribution < -0.4 is 4.90 Å². The number of hydrogen-bond donors (Lipinski definition) is 0. The van der Waals surface area contributed by atoms with Crippen LogP contribution in [0.2, 0.25) is 0 Å². The third-order valence-electron chi connectivity index (χ3n) is 4.77. The maximum absolute atomic E-state index is 13.4. The number of aromatic nitrogens is 2. The van der Waals surface area contributed by atoms with Gasteiger partial charge in [-0.15, -0.1) is 0 Å².